The summed E-state index contributed by atoms with van der Waals surface area (Å²) in [6.45, 7) is 6.33. The standard InChI is InChI=1S/C11H13N3OS/c1-4-12-10(15)9-5-8-6(2)13-7(3)14-11(8)16-9/h5H,4H2,1-3H3,(H,12,15). The van der Waals surface area contributed by atoms with E-state index in [1.165, 1.54) is 11.3 Å². The summed E-state index contributed by atoms with van der Waals surface area (Å²) >= 11 is 1.41. The van der Waals surface area contributed by atoms with Crippen molar-refractivity contribution in [3.8, 4) is 0 Å². The third-order valence-electron chi connectivity index (χ3n) is 2.26. The fourth-order valence-corrected chi connectivity index (χ4v) is 2.60. The van der Waals surface area contributed by atoms with Crippen LogP contribution in [-0.4, -0.2) is 22.4 Å². The SMILES string of the molecule is CCNC(=O)c1cc2c(C)nc(C)nc2s1. The van der Waals surface area contributed by atoms with Gasteiger partial charge in [-0.15, -0.1) is 11.3 Å². The molecule has 2 aromatic heterocycles. The van der Waals surface area contributed by atoms with Crippen LogP contribution in [0, 0.1) is 13.8 Å². The Morgan fingerprint density at radius 1 is 1.44 bits per heavy atom. The highest BCUT2D eigenvalue weighted by molar-refractivity contribution is 7.20. The summed E-state index contributed by atoms with van der Waals surface area (Å²) in [4.78, 5) is 21.8. The highest BCUT2D eigenvalue weighted by atomic mass is 32.1. The Morgan fingerprint density at radius 3 is 2.88 bits per heavy atom. The van der Waals surface area contributed by atoms with Gasteiger partial charge in [-0.05, 0) is 26.8 Å². The van der Waals surface area contributed by atoms with Gasteiger partial charge in [0.25, 0.3) is 5.91 Å². The number of thiophene rings is 1. The van der Waals surface area contributed by atoms with Crippen molar-refractivity contribution in [2.24, 2.45) is 0 Å². The Hall–Kier alpha value is -1.49. The zero-order valence-corrected chi connectivity index (χ0v) is 10.3. The van der Waals surface area contributed by atoms with Gasteiger partial charge in [-0.2, -0.15) is 0 Å². The fourth-order valence-electron chi connectivity index (χ4n) is 1.56. The smallest absolute Gasteiger partial charge is 0.261 e. The van der Waals surface area contributed by atoms with Crippen LogP contribution in [-0.2, 0) is 0 Å². The topological polar surface area (TPSA) is 54.9 Å². The average Bonchev–Trinajstić information content (AvgIpc) is 2.62. The fraction of sp³-hybridized carbons (Fsp3) is 0.364. The highest BCUT2D eigenvalue weighted by Gasteiger charge is 2.12. The van der Waals surface area contributed by atoms with Crippen LogP contribution >= 0.6 is 11.3 Å². The Morgan fingerprint density at radius 2 is 2.19 bits per heavy atom. The van der Waals surface area contributed by atoms with Crippen molar-refractivity contribution in [3.63, 3.8) is 0 Å². The molecule has 2 aromatic rings. The third-order valence-corrected chi connectivity index (χ3v) is 3.28. The molecule has 0 aliphatic heterocycles. The minimum absolute atomic E-state index is 0.0393. The molecule has 1 amide bonds. The summed E-state index contributed by atoms with van der Waals surface area (Å²) in [6.07, 6.45) is 0. The van der Waals surface area contributed by atoms with Crippen LogP contribution in [0.5, 0.6) is 0 Å². The molecular weight excluding hydrogens is 222 g/mol. The van der Waals surface area contributed by atoms with Gasteiger partial charge in [-0.3, -0.25) is 4.79 Å². The van der Waals surface area contributed by atoms with Crippen molar-refractivity contribution in [2.45, 2.75) is 20.8 Å². The predicted molar refractivity (Wildman–Crippen MR) is 64.9 cm³/mol. The normalized spacial score (nSPS) is 10.7. The molecule has 16 heavy (non-hydrogen) atoms. The zero-order valence-electron chi connectivity index (χ0n) is 9.50. The lowest BCUT2D eigenvalue weighted by Crippen LogP contribution is -2.21. The first kappa shape index (κ1) is 11.0. The van der Waals surface area contributed by atoms with Crippen molar-refractivity contribution >= 4 is 27.5 Å². The van der Waals surface area contributed by atoms with Crippen LogP contribution in [0.1, 0.15) is 28.1 Å². The Labute approximate surface area is 97.7 Å². The molecule has 5 heteroatoms. The van der Waals surface area contributed by atoms with Gasteiger partial charge in [0.05, 0.1) is 4.88 Å². The van der Waals surface area contributed by atoms with Gasteiger partial charge < -0.3 is 5.32 Å². The molecule has 4 nitrogen and oxygen atoms in total. The lowest BCUT2D eigenvalue weighted by atomic mass is 10.3. The van der Waals surface area contributed by atoms with Crippen LogP contribution in [0.3, 0.4) is 0 Å². The first-order valence-electron chi connectivity index (χ1n) is 5.14. The van der Waals surface area contributed by atoms with Gasteiger partial charge in [-0.25, -0.2) is 9.97 Å². The van der Waals surface area contributed by atoms with E-state index in [4.69, 9.17) is 0 Å². The first-order valence-corrected chi connectivity index (χ1v) is 5.96. The molecule has 1 N–H and O–H groups in total. The number of rotatable bonds is 2. The quantitative estimate of drug-likeness (QED) is 0.866. The highest BCUT2D eigenvalue weighted by Crippen LogP contribution is 2.25. The Bertz CT molecular complexity index is 547. The molecule has 0 unspecified atom stereocenters. The van der Waals surface area contributed by atoms with E-state index in [-0.39, 0.29) is 5.91 Å². The first-order chi connectivity index (χ1) is 7.61. The van der Waals surface area contributed by atoms with Crippen LogP contribution in [0.25, 0.3) is 10.2 Å². The molecule has 2 heterocycles. The van der Waals surface area contributed by atoms with E-state index < -0.39 is 0 Å². The molecule has 0 saturated heterocycles. The molecule has 0 atom stereocenters. The minimum Gasteiger partial charge on any atom is -0.352 e. The van der Waals surface area contributed by atoms with Crippen LogP contribution in [0.4, 0.5) is 0 Å². The number of fused-ring (bicyclic) bond motifs is 1. The molecule has 84 valence electrons. The lowest BCUT2D eigenvalue weighted by Gasteiger charge is -1.95. The van der Waals surface area contributed by atoms with E-state index in [0.717, 1.165) is 21.7 Å². The number of amides is 1. The van der Waals surface area contributed by atoms with Gasteiger partial charge >= 0.3 is 0 Å². The second kappa shape index (κ2) is 4.17. The number of carbonyl (C=O) groups is 1. The second-order valence-electron chi connectivity index (χ2n) is 3.55. The molecule has 0 bridgehead atoms. The number of aryl methyl sites for hydroxylation is 2. The number of hydrogen-bond acceptors (Lipinski definition) is 4. The lowest BCUT2D eigenvalue weighted by molar-refractivity contribution is 0.0960. The van der Waals surface area contributed by atoms with E-state index in [9.17, 15) is 4.79 Å². The number of carbonyl (C=O) groups excluding carboxylic acids is 1. The third kappa shape index (κ3) is 1.90. The minimum atomic E-state index is -0.0393. The molecule has 0 aliphatic rings. The van der Waals surface area contributed by atoms with Gasteiger partial charge in [-0.1, -0.05) is 0 Å². The van der Waals surface area contributed by atoms with Crippen molar-refractivity contribution in [1.29, 1.82) is 0 Å². The van der Waals surface area contributed by atoms with Gasteiger partial charge in [0.1, 0.15) is 10.7 Å². The van der Waals surface area contributed by atoms with Crippen molar-refractivity contribution in [3.05, 3.63) is 22.5 Å². The monoisotopic (exact) mass is 235 g/mol. The van der Waals surface area contributed by atoms with Gasteiger partial charge in [0.2, 0.25) is 0 Å². The molecular formula is C11H13N3OS. The molecule has 0 radical (unpaired) electrons. The van der Waals surface area contributed by atoms with E-state index in [1.54, 1.807) is 0 Å². The Kier molecular flexibility index (Phi) is 2.87. The summed E-state index contributed by atoms with van der Waals surface area (Å²) in [6, 6.07) is 1.86. The molecule has 0 aliphatic carbocycles. The largest absolute Gasteiger partial charge is 0.352 e. The molecule has 0 fully saturated rings. The summed E-state index contributed by atoms with van der Waals surface area (Å²) in [5.74, 6) is 0.705. The maximum atomic E-state index is 11.7. The summed E-state index contributed by atoms with van der Waals surface area (Å²) in [7, 11) is 0. The van der Waals surface area contributed by atoms with Crippen molar-refractivity contribution < 1.29 is 4.79 Å². The van der Waals surface area contributed by atoms with E-state index in [2.05, 4.69) is 15.3 Å². The predicted octanol–water partition coefficient (Wildman–Crippen LogP) is 2.06. The van der Waals surface area contributed by atoms with Gasteiger partial charge in [0.15, 0.2) is 0 Å². The zero-order chi connectivity index (χ0) is 11.7. The number of hydrogen-bond donors (Lipinski definition) is 1. The van der Waals surface area contributed by atoms with Crippen LogP contribution in [0.2, 0.25) is 0 Å². The second-order valence-corrected chi connectivity index (χ2v) is 4.58. The summed E-state index contributed by atoms with van der Waals surface area (Å²) in [5, 5.41) is 3.75. The summed E-state index contributed by atoms with van der Waals surface area (Å²) < 4.78 is 0. The maximum Gasteiger partial charge on any atom is 0.261 e. The van der Waals surface area contributed by atoms with E-state index in [1.807, 2.05) is 26.8 Å². The van der Waals surface area contributed by atoms with Gasteiger partial charge in [0, 0.05) is 17.6 Å². The molecule has 2 rings (SSSR count). The van der Waals surface area contributed by atoms with Crippen molar-refractivity contribution in [1.82, 2.24) is 15.3 Å². The molecule has 0 saturated carbocycles. The number of aromatic nitrogens is 2. The molecule has 0 aromatic carbocycles. The van der Waals surface area contributed by atoms with Crippen molar-refractivity contribution in [2.75, 3.05) is 6.54 Å². The Balaban J connectivity index is 2.51. The number of nitrogens with one attached hydrogen (secondary N) is 1. The number of nitrogens with zero attached hydrogens (tertiary/aromatic N) is 2. The summed E-state index contributed by atoms with van der Waals surface area (Å²) in [5.41, 5.74) is 0.925. The maximum absolute atomic E-state index is 11.7. The van der Waals surface area contributed by atoms with E-state index in [0.29, 0.717) is 11.4 Å². The van der Waals surface area contributed by atoms with Crippen LogP contribution in [0.15, 0.2) is 6.07 Å². The average molecular weight is 235 g/mol. The van der Waals surface area contributed by atoms with E-state index >= 15 is 0 Å². The van der Waals surface area contributed by atoms with Crippen LogP contribution < -0.4 is 5.32 Å². The molecule has 0 spiro atoms.